The van der Waals surface area contributed by atoms with Crippen LogP contribution in [0.25, 0.3) is 0 Å². The van der Waals surface area contributed by atoms with Crippen molar-refractivity contribution >= 4 is 17.6 Å². The summed E-state index contributed by atoms with van der Waals surface area (Å²) in [4.78, 5) is 21.9. The molecule has 0 bridgehead atoms. The molecule has 0 radical (unpaired) electrons. The van der Waals surface area contributed by atoms with E-state index < -0.39 is 11.9 Å². The molecule has 0 aliphatic rings. The second kappa shape index (κ2) is 6.30. The van der Waals surface area contributed by atoms with Crippen molar-refractivity contribution < 1.29 is 19.4 Å². The van der Waals surface area contributed by atoms with Gasteiger partial charge in [-0.25, -0.2) is 4.79 Å². The first-order valence-electron chi connectivity index (χ1n) is 5.32. The van der Waals surface area contributed by atoms with Gasteiger partial charge in [0.2, 0.25) is 0 Å². The first-order valence-corrected chi connectivity index (χ1v) is 5.32. The highest BCUT2D eigenvalue weighted by atomic mass is 16.5. The number of aromatic carboxylic acids is 1. The molecule has 0 aliphatic heterocycles. The van der Waals surface area contributed by atoms with E-state index in [4.69, 9.17) is 15.6 Å². The molecule has 0 unspecified atom stereocenters. The topological polar surface area (TPSA) is 89.6 Å². The Labute approximate surface area is 105 Å². The Balaban J connectivity index is 2.86. The van der Waals surface area contributed by atoms with E-state index in [1.54, 1.807) is 19.1 Å². The number of nitrogen functional groups attached to an aromatic ring is 1. The molecule has 0 saturated carbocycles. The van der Waals surface area contributed by atoms with Gasteiger partial charge in [0.25, 0.3) is 0 Å². The first kappa shape index (κ1) is 13.6. The van der Waals surface area contributed by atoms with Crippen LogP contribution in [0, 0.1) is 11.8 Å². The number of carboxylic acids is 1. The second-order valence-corrected chi connectivity index (χ2v) is 3.36. The van der Waals surface area contributed by atoms with Gasteiger partial charge >= 0.3 is 11.9 Å². The third-order valence-corrected chi connectivity index (χ3v) is 2.10. The van der Waals surface area contributed by atoms with Crippen molar-refractivity contribution in [2.24, 2.45) is 0 Å². The van der Waals surface area contributed by atoms with E-state index in [0.29, 0.717) is 12.2 Å². The molecule has 1 aromatic carbocycles. The Morgan fingerprint density at radius 3 is 2.78 bits per heavy atom. The molecule has 0 heterocycles. The number of carbonyl (C=O) groups excluding carboxylic acids is 1. The highest BCUT2D eigenvalue weighted by Gasteiger charge is 2.09. The summed E-state index contributed by atoms with van der Waals surface area (Å²) < 4.78 is 4.71. The molecule has 18 heavy (non-hydrogen) atoms. The van der Waals surface area contributed by atoms with Crippen molar-refractivity contribution in [2.75, 3.05) is 12.3 Å². The summed E-state index contributed by atoms with van der Waals surface area (Å²) in [6.45, 7) is 2.01. The molecule has 1 rings (SSSR count). The van der Waals surface area contributed by atoms with Gasteiger partial charge in [-0.05, 0) is 19.1 Å². The van der Waals surface area contributed by atoms with Gasteiger partial charge in [0, 0.05) is 5.56 Å². The van der Waals surface area contributed by atoms with Crippen molar-refractivity contribution in [3.8, 4) is 11.8 Å². The smallest absolute Gasteiger partial charge is 0.337 e. The van der Waals surface area contributed by atoms with Crippen molar-refractivity contribution in [2.45, 2.75) is 13.3 Å². The third kappa shape index (κ3) is 3.52. The van der Waals surface area contributed by atoms with Crippen molar-refractivity contribution in [1.29, 1.82) is 0 Å². The Morgan fingerprint density at radius 2 is 2.17 bits per heavy atom. The predicted octanol–water partition coefficient (Wildman–Crippen LogP) is 1.27. The number of nitrogens with two attached hydrogens (primary N) is 1. The summed E-state index contributed by atoms with van der Waals surface area (Å²) >= 11 is 0. The maximum Gasteiger partial charge on any atom is 0.337 e. The minimum Gasteiger partial charge on any atom is -0.478 e. The number of hydrogen-bond acceptors (Lipinski definition) is 4. The molecule has 3 N–H and O–H groups in total. The van der Waals surface area contributed by atoms with Crippen molar-refractivity contribution in [3.63, 3.8) is 0 Å². The Bertz CT molecular complexity index is 526. The number of carbonyl (C=O) groups is 2. The number of hydrogen-bond donors (Lipinski definition) is 2. The van der Waals surface area contributed by atoms with E-state index in [2.05, 4.69) is 11.8 Å². The van der Waals surface area contributed by atoms with E-state index in [1.807, 2.05) is 0 Å². The molecule has 1 aromatic rings. The number of anilines is 1. The molecule has 0 atom stereocenters. The molecule has 0 fully saturated rings. The van der Waals surface area contributed by atoms with E-state index in [9.17, 15) is 9.59 Å². The average Bonchev–Trinajstić information content (AvgIpc) is 2.31. The van der Waals surface area contributed by atoms with Crippen LogP contribution >= 0.6 is 0 Å². The van der Waals surface area contributed by atoms with Gasteiger partial charge < -0.3 is 15.6 Å². The van der Waals surface area contributed by atoms with Crippen LogP contribution < -0.4 is 5.73 Å². The molecule has 5 heteroatoms. The van der Waals surface area contributed by atoms with E-state index in [1.165, 1.54) is 6.07 Å². The molecule has 5 nitrogen and oxygen atoms in total. The van der Waals surface area contributed by atoms with Gasteiger partial charge in [0.05, 0.1) is 17.9 Å². The minimum absolute atomic E-state index is 0.00191. The molecular formula is C13H13NO4. The monoisotopic (exact) mass is 247 g/mol. The summed E-state index contributed by atoms with van der Waals surface area (Å²) in [6, 6.07) is 4.54. The fourth-order valence-electron chi connectivity index (χ4n) is 1.28. The molecule has 0 aromatic heterocycles. The Kier molecular flexibility index (Phi) is 4.76. The van der Waals surface area contributed by atoms with Gasteiger partial charge in [-0.2, -0.15) is 0 Å². The van der Waals surface area contributed by atoms with Crippen LogP contribution in [0.2, 0.25) is 0 Å². The molecule has 94 valence electrons. The zero-order chi connectivity index (χ0) is 13.5. The number of benzene rings is 1. The van der Waals surface area contributed by atoms with E-state index in [-0.39, 0.29) is 17.7 Å². The van der Waals surface area contributed by atoms with Crippen molar-refractivity contribution in [3.05, 3.63) is 29.3 Å². The summed E-state index contributed by atoms with van der Waals surface area (Å²) in [7, 11) is 0. The highest BCUT2D eigenvalue weighted by molar-refractivity contribution is 5.95. The number of carboxylic acid groups (broad SMARTS) is 1. The Morgan fingerprint density at radius 1 is 1.44 bits per heavy atom. The lowest BCUT2D eigenvalue weighted by Gasteiger charge is -2.02. The van der Waals surface area contributed by atoms with Crippen LogP contribution in [-0.4, -0.2) is 23.7 Å². The lowest BCUT2D eigenvalue weighted by Crippen LogP contribution is -2.04. The van der Waals surface area contributed by atoms with Crippen LogP contribution in [0.5, 0.6) is 0 Å². The normalized spacial score (nSPS) is 9.17. The molecular weight excluding hydrogens is 234 g/mol. The second-order valence-electron chi connectivity index (χ2n) is 3.36. The van der Waals surface area contributed by atoms with E-state index >= 15 is 0 Å². The van der Waals surface area contributed by atoms with Crippen molar-refractivity contribution in [1.82, 2.24) is 0 Å². The van der Waals surface area contributed by atoms with Gasteiger partial charge in [-0.3, -0.25) is 4.79 Å². The van der Waals surface area contributed by atoms with Crippen LogP contribution in [0.4, 0.5) is 5.69 Å². The summed E-state index contributed by atoms with van der Waals surface area (Å²) in [5, 5.41) is 8.87. The summed E-state index contributed by atoms with van der Waals surface area (Å²) in [5.74, 6) is 3.73. The predicted molar refractivity (Wildman–Crippen MR) is 65.9 cm³/mol. The SMILES string of the molecule is CCOC(=O)CC#Cc1cccc(C(=O)O)c1N. The van der Waals surface area contributed by atoms with Gasteiger partial charge in [0.15, 0.2) is 0 Å². The zero-order valence-electron chi connectivity index (χ0n) is 9.90. The van der Waals surface area contributed by atoms with Crippen LogP contribution in [0.3, 0.4) is 0 Å². The highest BCUT2D eigenvalue weighted by Crippen LogP contribution is 2.16. The largest absolute Gasteiger partial charge is 0.478 e. The fraction of sp³-hybridized carbons (Fsp3) is 0.231. The Hall–Kier alpha value is -2.48. The molecule has 0 aliphatic carbocycles. The minimum atomic E-state index is -1.11. The molecule has 0 amide bonds. The third-order valence-electron chi connectivity index (χ3n) is 2.10. The quantitative estimate of drug-likeness (QED) is 0.477. The lowest BCUT2D eigenvalue weighted by molar-refractivity contribution is -0.141. The number of para-hydroxylation sites is 1. The van der Waals surface area contributed by atoms with Crippen LogP contribution in [0.1, 0.15) is 29.3 Å². The molecule has 0 saturated heterocycles. The average molecular weight is 247 g/mol. The first-order chi connectivity index (χ1) is 8.56. The van der Waals surface area contributed by atoms with Crippen LogP contribution in [0.15, 0.2) is 18.2 Å². The standard InChI is InChI=1S/C13H13NO4/c1-2-18-11(15)8-4-6-9-5-3-7-10(12(9)14)13(16)17/h3,5,7H,2,8,14H2,1H3,(H,16,17). The van der Waals surface area contributed by atoms with Crippen LogP contribution in [-0.2, 0) is 9.53 Å². The summed E-state index contributed by atoms with van der Waals surface area (Å²) in [5.41, 5.74) is 6.15. The zero-order valence-corrected chi connectivity index (χ0v) is 9.90. The summed E-state index contributed by atoms with van der Waals surface area (Å²) in [6.07, 6.45) is -0.0510. The lowest BCUT2D eigenvalue weighted by atomic mass is 10.1. The van der Waals surface area contributed by atoms with Gasteiger partial charge in [0.1, 0.15) is 6.42 Å². The number of rotatable bonds is 3. The number of esters is 1. The van der Waals surface area contributed by atoms with Gasteiger partial charge in [-0.15, -0.1) is 0 Å². The fourth-order valence-corrected chi connectivity index (χ4v) is 1.28. The maximum absolute atomic E-state index is 11.0. The maximum atomic E-state index is 11.0. The van der Waals surface area contributed by atoms with E-state index in [0.717, 1.165) is 0 Å². The molecule has 0 spiro atoms. The number of ether oxygens (including phenoxy) is 1. The van der Waals surface area contributed by atoms with Gasteiger partial charge in [-0.1, -0.05) is 17.9 Å².